The van der Waals surface area contributed by atoms with Crippen LogP contribution in [0.3, 0.4) is 0 Å². The van der Waals surface area contributed by atoms with Crippen LogP contribution in [-0.4, -0.2) is 20.9 Å². The quantitative estimate of drug-likeness (QED) is 0.843. The summed E-state index contributed by atoms with van der Waals surface area (Å²) >= 11 is 2.88. The Morgan fingerprint density at radius 1 is 1.12 bits per heavy atom. The summed E-state index contributed by atoms with van der Waals surface area (Å²) in [6, 6.07) is 6.88. The highest BCUT2D eigenvalue weighted by molar-refractivity contribution is 8.22. The predicted octanol–water partition coefficient (Wildman–Crippen LogP) is 3.29. The van der Waals surface area contributed by atoms with Gasteiger partial charge < -0.3 is 0 Å². The van der Waals surface area contributed by atoms with E-state index in [1.54, 1.807) is 24.3 Å². The van der Waals surface area contributed by atoms with Gasteiger partial charge in [0, 0.05) is 0 Å². The van der Waals surface area contributed by atoms with Crippen molar-refractivity contribution in [2.45, 2.75) is 11.8 Å². The number of rotatable bonds is 4. The number of benzene rings is 1. The van der Waals surface area contributed by atoms with Crippen molar-refractivity contribution in [2.24, 2.45) is 0 Å². The molecule has 0 N–H and O–H groups in total. The van der Waals surface area contributed by atoms with E-state index < -0.39 is 9.84 Å². The van der Waals surface area contributed by atoms with Gasteiger partial charge in [-0.25, -0.2) is 8.42 Å². The van der Waals surface area contributed by atoms with E-state index in [0.29, 0.717) is 4.90 Å². The molecule has 0 atom stereocenters. The van der Waals surface area contributed by atoms with Crippen LogP contribution in [0, 0.1) is 6.92 Å². The van der Waals surface area contributed by atoms with Crippen molar-refractivity contribution in [1.82, 2.24) is 0 Å². The monoisotopic (exact) mass is 274 g/mol. The Balaban J connectivity index is 3.12. The molecular formula is C11H14O2S3. The van der Waals surface area contributed by atoms with Crippen LogP contribution < -0.4 is 0 Å². The minimum atomic E-state index is -3.30. The van der Waals surface area contributed by atoms with Crippen molar-refractivity contribution in [3.63, 3.8) is 0 Å². The highest BCUT2D eigenvalue weighted by Crippen LogP contribution is 2.26. The fraction of sp³-hybridized carbons (Fsp3) is 0.273. The van der Waals surface area contributed by atoms with E-state index in [9.17, 15) is 8.42 Å². The maximum atomic E-state index is 12.0. The molecule has 1 aromatic rings. The van der Waals surface area contributed by atoms with E-state index in [1.807, 2.05) is 19.4 Å². The number of hydrogen-bond donors (Lipinski definition) is 0. The van der Waals surface area contributed by atoms with Gasteiger partial charge in [0.15, 0.2) is 0 Å². The molecule has 0 spiro atoms. The van der Waals surface area contributed by atoms with Crippen molar-refractivity contribution >= 4 is 33.4 Å². The Morgan fingerprint density at radius 2 is 1.62 bits per heavy atom. The molecule has 1 aromatic carbocycles. The Labute approximate surface area is 105 Å². The standard InChI is InChI=1S/C11H14O2S3/c1-9-4-6-10(7-5-9)16(12,13)8-11(14-2)15-3/h4-8H,1-3H3. The highest BCUT2D eigenvalue weighted by atomic mass is 32.2. The molecule has 88 valence electrons. The van der Waals surface area contributed by atoms with E-state index in [0.717, 1.165) is 9.80 Å². The van der Waals surface area contributed by atoms with E-state index in [1.165, 1.54) is 28.9 Å². The van der Waals surface area contributed by atoms with Crippen molar-refractivity contribution < 1.29 is 8.42 Å². The van der Waals surface area contributed by atoms with Crippen molar-refractivity contribution in [1.29, 1.82) is 0 Å². The molecule has 0 fully saturated rings. The van der Waals surface area contributed by atoms with Crippen LogP contribution in [0.25, 0.3) is 0 Å². The topological polar surface area (TPSA) is 34.1 Å². The van der Waals surface area contributed by atoms with Gasteiger partial charge in [-0.15, -0.1) is 23.5 Å². The lowest BCUT2D eigenvalue weighted by molar-refractivity contribution is 0.604. The Kier molecular flexibility index (Phi) is 4.95. The lowest BCUT2D eigenvalue weighted by Gasteiger charge is -2.02. The summed E-state index contributed by atoms with van der Waals surface area (Å²) in [6.07, 6.45) is 3.74. The first kappa shape index (κ1) is 13.7. The fourth-order valence-electron chi connectivity index (χ4n) is 1.10. The normalized spacial score (nSPS) is 11.2. The summed E-state index contributed by atoms with van der Waals surface area (Å²) in [5.41, 5.74) is 1.05. The van der Waals surface area contributed by atoms with Gasteiger partial charge in [-0.1, -0.05) is 17.7 Å². The van der Waals surface area contributed by atoms with Gasteiger partial charge in [0.05, 0.1) is 14.5 Å². The summed E-state index contributed by atoms with van der Waals surface area (Å²) in [5.74, 6) is 0. The van der Waals surface area contributed by atoms with Crippen molar-refractivity contribution in [3.05, 3.63) is 39.5 Å². The maximum absolute atomic E-state index is 12.0. The summed E-state index contributed by atoms with van der Waals surface area (Å²) in [4.78, 5) is 0.346. The van der Waals surface area contributed by atoms with Gasteiger partial charge >= 0.3 is 0 Å². The molecule has 0 bridgehead atoms. The SMILES string of the molecule is CSC(=CS(=O)(=O)c1ccc(C)cc1)SC. The molecule has 1 rings (SSSR count). The molecule has 5 heteroatoms. The van der Waals surface area contributed by atoms with E-state index >= 15 is 0 Å². The van der Waals surface area contributed by atoms with Crippen molar-refractivity contribution in [3.8, 4) is 0 Å². The van der Waals surface area contributed by atoms with Crippen LogP contribution in [0.4, 0.5) is 0 Å². The molecule has 0 saturated carbocycles. The average Bonchev–Trinajstić information content (AvgIpc) is 2.26. The zero-order chi connectivity index (χ0) is 12.2. The zero-order valence-corrected chi connectivity index (χ0v) is 11.9. The highest BCUT2D eigenvalue weighted by Gasteiger charge is 2.11. The van der Waals surface area contributed by atoms with Gasteiger partial charge in [-0.05, 0) is 31.6 Å². The Bertz CT molecular complexity index is 466. The van der Waals surface area contributed by atoms with Crippen molar-refractivity contribution in [2.75, 3.05) is 12.5 Å². The van der Waals surface area contributed by atoms with Crippen LogP contribution >= 0.6 is 23.5 Å². The van der Waals surface area contributed by atoms with Gasteiger partial charge in [0.25, 0.3) is 0 Å². The van der Waals surface area contributed by atoms with E-state index in [2.05, 4.69) is 0 Å². The molecular weight excluding hydrogens is 260 g/mol. The number of aryl methyl sites for hydroxylation is 1. The zero-order valence-electron chi connectivity index (χ0n) is 9.43. The minimum Gasteiger partial charge on any atom is -0.219 e. The van der Waals surface area contributed by atoms with Crippen LogP contribution in [0.5, 0.6) is 0 Å². The summed E-state index contributed by atoms with van der Waals surface area (Å²) < 4.78 is 24.7. The predicted molar refractivity (Wildman–Crippen MR) is 73.5 cm³/mol. The Hall–Kier alpha value is -0.390. The molecule has 0 amide bonds. The molecule has 0 aromatic heterocycles. The number of sulfone groups is 1. The summed E-state index contributed by atoms with van der Waals surface area (Å²) in [7, 11) is -3.30. The first-order valence-corrected chi connectivity index (χ1v) is 8.60. The molecule has 0 unspecified atom stereocenters. The maximum Gasteiger partial charge on any atom is 0.201 e. The van der Waals surface area contributed by atoms with Crippen LogP contribution in [-0.2, 0) is 9.84 Å². The Morgan fingerprint density at radius 3 is 2.06 bits per heavy atom. The van der Waals surface area contributed by atoms with Gasteiger partial charge in [-0.3, -0.25) is 0 Å². The third kappa shape index (κ3) is 3.57. The molecule has 2 nitrogen and oxygen atoms in total. The van der Waals surface area contributed by atoms with E-state index in [4.69, 9.17) is 0 Å². The first-order valence-electron chi connectivity index (χ1n) is 4.61. The molecule has 0 saturated heterocycles. The second-order valence-corrected chi connectivity index (χ2v) is 6.95. The second kappa shape index (κ2) is 5.80. The van der Waals surface area contributed by atoms with Crippen LogP contribution in [0.1, 0.15) is 5.56 Å². The average molecular weight is 274 g/mol. The number of hydrogen-bond acceptors (Lipinski definition) is 4. The summed E-state index contributed by atoms with van der Waals surface area (Å²) in [5, 5.41) is 1.33. The first-order chi connectivity index (χ1) is 7.49. The largest absolute Gasteiger partial charge is 0.219 e. The minimum absolute atomic E-state index is 0.346. The molecule has 16 heavy (non-hydrogen) atoms. The van der Waals surface area contributed by atoms with E-state index in [-0.39, 0.29) is 0 Å². The molecule has 0 aliphatic rings. The van der Waals surface area contributed by atoms with Gasteiger partial charge in [0.2, 0.25) is 9.84 Å². The van der Waals surface area contributed by atoms with Gasteiger partial charge in [0.1, 0.15) is 0 Å². The van der Waals surface area contributed by atoms with Crippen LogP contribution in [0.15, 0.2) is 38.8 Å². The molecule has 0 heterocycles. The number of thioether (sulfide) groups is 2. The molecule has 0 aliphatic heterocycles. The fourth-order valence-corrected chi connectivity index (χ4v) is 4.20. The third-order valence-electron chi connectivity index (χ3n) is 2.00. The van der Waals surface area contributed by atoms with Gasteiger partial charge in [-0.2, -0.15) is 0 Å². The van der Waals surface area contributed by atoms with Crippen LogP contribution in [0.2, 0.25) is 0 Å². The third-order valence-corrected chi connectivity index (χ3v) is 5.82. The molecule has 0 radical (unpaired) electrons. The lowest BCUT2D eigenvalue weighted by atomic mass is 10.2. The molecule has 0 aliphatic carbocycles. The summed E-state index contributed by atoms with van der Waals surface area (Å²) in [6.45, 7) is 1.93. The smallest absolute Gasteiger partial charge is 0.201 e. The lowest BCUT2D eigenvalue weighted by Crippen LogP contribution is -1.96. The second-order valence-electron chi connectivity index (χ2n) is 3.20.